The minimum absolute atomic E-state index is 0.0693. The number of benzene rings is 1. The fourth-order valence-corrected chi connectivity index (χ4v) is 2.31. The van der Waals surface area contributed by atoms with Crippen LogP contribution in [0, 0.1) is 5.82 Å². The van der Waals surface area contributed by atoms with Crippen molar-refractivity contribution in [2.24, 2.45) is 0 Å². The smallest absolute Gasteiger partial charge is 0.207 e. The van der Waals surface area contributed by atoms with Crippen molar-refractivity contribution in [3.63, 3.8) is 0 Å². The van der Waals surface area contributed by atoms with Crippen LogP contribution in [-0.4, -0.2) is 15.0 Å². The monoisotopic (exact) mass is 263 g/mol. The van der Waals surface area contributed by atoms with Gasteiger partial charge >= 0.3 is 0 Å². The van der Waals surface area contributed by atoms with E-state index >= 15 is 0 Å². The van der Waals surface area contributed by atoms with Gasteiger partial charge in [-0.25, -0.2) is 17.5 Å². The van der Waals surface area contributed by atoms with E-state index in [-0.39, 0.29) is 16.5 Å². The lowest BCUT2D eigenvalue weighted by molar-refractivity contribution is 0.583. The number of nitrogens with one attached hydrogen (secondary N) is 1. The van der Waals surface area contributed by atoms with Gasteiger partial charge in [-0.2, -0.15) is 0 Å². The summed E-state index contributed by atoms with van der Waals surface area (Å²) in [6.45, 7) is 5.40. The summed E-state index contributed by atoms with van der Waals surface area (Å²) in [6, 6.07) is 3.23. The molecule has 0 aromatic heterocycles. The summed E-state index contributed by atoms with van der Waals surface area (Å²) in [7, 11) is -3.66. The first-order valence-corrected chi connectivity index (χ1v) is 6.28. The highest BCUT2D eigenvalue weighted by molar-refractivity contribution is 7.89. The lowest BCUT2D eigenvalue weighted by atomic mass is 10.3. The number of rotatable bonds is 4. The zero-order valence-corrected chi connectivity index (χ0v) is 10.2. The summed E-state index contributed by atoms with van der Waals surface area (Å²) in [4.78, 5) is -0.0693. The molecule has 0 bridgehead atoms. The van der Waals surface area contributed by atoms with Gasteiger partial charge in [0.05, 0.1) is 9.92 Å². The highest BCUT2D eigenvalue weighted by Gasteiger charge is 2.15. The molecule has 1 aromatic carbocycles. The molecule has 0 saturated carbocycles. The normalized spacial score (nSPS) is 11.4. The van der Waals surface area contributed by atoms with Crippen LogP contribution in [0.3, 0.4) is 0 Å². The summed E-state index contributed by atoms with van der Waals surface area (Å²) in [6.07, 6.45) is 0. The van der Waals surface area contributed by atoms with Gasteiger partial charge in [-0.15, -0.1) is 0 Å². The first-order chi connectivity index (χ1) is 7.33. The van der Waals surface area contributed by atoms with Crippen LogP contribution in [0.1, 0.15) is 6.92 Å². The third kappa shape index (κ3) is 3.30. The van der Waals surface area contributed by atoms with E-state index in [9.17, 15) is 12.8 Å². The van der Waals surface area contributed by atoms with Crippen LogP contribution >= 0.6 is 11.6 Å². The SMILES string of the molecule is C=C(C)CNS(=O)(=O)c1ccc(F)c(Cl)c1. The van der Waals surface area contributed by atoms with Crippen molar-refractivity contribution in [3.8, 4) is 0 Å². The molecule has 0 amide bonds. The second kappa shape index (κ2) is 4.95. The Kier molecular flexibility index (Phi) is 4.07. The number of hydrogen-bond donors (Lipinski definition) is 1. The predicted molar refractivity (Wildman–Crippen MR) is 61.4 cm³/mol. The molecule has 1 rings (SSSR count). The van der Waals surface area contributed by atoms with Crippen LogP contribution in [0.2, 0.25) is 5.02 Å². The molecule has 0 radical (unpaired) electrons. The van der Waals surface area contributed by atoms with Crippen LogP contribution in [0.4, 0.5) is 4.39 Å². The maximum absolute atomic E-state index is 12.8. The second-order valence-corrected chi connectivity index (χ2v) is 5.53. The molecule has 0 atom stereocenters. The molecular formula is C10H11ClFNO2S. The highest BCUT2D eigenvalue weighted by atomic mass is 35.5. The molecule has 1 N–H and O–H groups in total. The van der Waals surface area contributed by atoms with Gasteiger partial charge < -0.3 is 0 Å². The Morgan fingerprint density at radius 1 is 1.56 bits per heavy atom. The molecule has 0 heterocycles. The average Bonchev–Trinajstić information content (AvgIpc) is 2.19. The number of sulfonamides is 1. The molecule has 16 heavy (non-hydrogen) atoms. The third-order valence-corrected chi connectivity index (χ3v) is 3.45. The average molecular weight is 264 g/mol. The molecule has 0 aliphatic rings. The van der Waals surface area contributed by atoms with E-state index in [2.05, 4.69) is 11.3 Å². The fourth-order valence-electron chi connectivity index (χ4n) is 0.946. The Labute approximate surface area is 99.0 Å². The predicted octanol–water partition coefficient (Wildman–Crippen LogP) is 2.33. The summed E-state index contributed by atoms with van der Waals surface area (Å²) in [5.41, 5.74) is 0.678. The van der Waals surface area contributed by atoms with E-state index in [0.29, 0.717) is 5.57 Å². The van der Waals surface area contributed by atoms with Gasteiger partial charge in [-0.1, -0.05) is 23.8 Å². The molecule has 3 nitrogen and oxygen atoms in total. The fraction of sp³-hybridized carbons (Fsp3) is 0.200. The van der Waals surface area contributed by atoms with E-state index in [1.807, 2.05) is 0 Å². The zero-order chi connectivity index (χ0) is 12.3. The van der Waals surface area contributed by atoms with Crippen LogP contribution in [0.5, 0.6) is 0 Å². The van der Waals surface area contributed by atoms with E-state index < -0.39 is 15.8 Å². The van der Waals surface area contributed by atoms with Crippen molar-refractivity contribution in [1.29, 1.82) is 0 Å². The maximum Gasteiger partial charge on any atom is 0.240 e. The molecule has 1 aromatic rings. The molecule has 0 spiro atoms. The summed E-state index contributed by atoms with van der Waals surface area (Å²) in [5.74, 6) is -0.652. The molecule has 0 aliphatic carbocycles. The molecule has 0 aliphatic heterocycles. The Hall–Kier alpha value is -0.910. The lowest BCUT2D eigenvalue weighted by Crippen LogP contribution is -2.25. The number of halogens is 2. The summed E-state index contributed by atoms with van der Waals surface area (Å²) < 4.78 is 38.5. The Morgan fingerprint density at radius 3 is 2.69 bits per heavy atom. The van der Waals surface area contributed by atoms with Crippen LogP contribution < -0.4 is 4.72 Å². The van der Waals surface area contributed by atoms with E-state index in [1.165, 1.54) is 0 Å². The lowest BCUT2D eigenvalue weighted by Gasteiger charge is -2.06. The van der Waals surface area contributed by atoms with Crippen LogP contribution in [0.25, 0.3) is 0 Å². The van der Waals surface area contributed by atoms with E-state index in [4.69, 9.17) is 11.6 Å². The standard InChI is InChI=1S/C10H11ClFNO2S/c1-7(2)6-13-16(14,15)8-3-4-10(12)9(11)5-8/h3-5,13H,1,6H2,2H3. The van der Waals surface area contributed by atoms with Gasteiger partial charge in [0.15, 0.2) is 0 Å². The van der Waals surface area contributed by atoms with E-state index in [1.54, 1.807) is 6.92 Å². The third-order valence-electron chi connectivity index (χ3n) is 1.77. The van der Waals surface area contributed by atoms with Crippen LogP contribution in [0.15, 0.2) is 35.2 Å². The zero-order valence-electron chi connectivity index (χ0n) is 8.63. The molecule has 0 unspecified atom stereocenters. The summed E-state index contributed by atoms with van der Waals surface area (Å²) >= 11 is 5.50. The molecule has 88 valence electrons. The number of hydrogen-bond acceptors (Lipinski definition) is 2. The largest absolute Gasteiger partial charge is 0.240 e. The minimum atomic E-state index is -3.66. The Morgan fingerprint density at radius 2 is 2.19 bits per heavy atom. The van der Waals surface area contributed by atoms with Crippen molar-refractivity contribution < 1.29 is 12.8 Å². The maximum atomic E-state index is 12.8. The van der Waals surface area contributed by atoms with Crippen LogP contribution in [-0.2, 0) is 10.0 Å². The van der Waals surface area contributed by atoms with Crippen molar-refractivity contribution in [2.75, 3.05) is 6.54 Å². The quantitative estimate of drug-likeness (QED) is 0.848. The van der Waals surface area contributed by atoms with Crippen molar-refractivity contribution in [2.45, 2.75) is 11.8 Å². The molecule has 0 saturated heterocycles. The van der Waals surface area contributed by atoms with Gasteiger partial charge in [0.1, 0.15) is 5.82 Å². The molecule has 0 fully saturated rings. The first-order valence-electron chi connectivity index (χ1n) is 4.42. The Balaban J connectivity index is 2.99. The van der Waals surface area contributed by atoms with Gasteiger partial charge in [-0.3, -0.25) is 0 Å². The van der Waals surface area contributed by atoms with Crippen molar-refractivity contribution in [3.05, 3.63) is 41.2 Å². The minimum Gasteiger partial charge on any atom is -0.207 e. The van der Waals surface area contributed by atoms with Gasteiger partial charge in [0, 0.05) is 6.54 Å². The highest BCUT2D eigenvalue weighted by Crippen LogP contribution is 2.19. The van der Waals surface area contributed by atoms with Gasteiger partial charge in [-0.05, 0) is 25.1 Å². The van der Waals surface area contributed by atoms with Gasteiger partial charge in [0.2, 0.25) is 10.0 Å². The summed E-state index contributed by atoms with van der Waals surface area (Å²) in [5, 5.41) is -0.224. The van der Waals surface area contributed by atoms with Crippen molar-refractivity contribution in [1.82, 2.24) is 4.72 Å². The Bertz CT molecular complexity index is 514. The topological polar surface area (TPSA) is 46.2 Å². The second-order valence-electron chi connectivity index (χ2n) is 3.36. The van der Waals surface area contributed by atoms with Gasteiger partial charge in [0.25, 0.3) is 0 Å². The van der Waals surface area contributed by atoms with E-state index in [0.717, 1.165) is 18.2 Å². The first kappa shape index (κ1) is 13.2. The molecule has 6 heteroatoms. The molecular weight excluding hydrogens is 253 g/mol. The van der Waals surface area contributed by atoms with Crippen molar-refractivity contribution >= 4 is 21.6 Å².